The molecular formula is C22H33N3O2. The summed E-state index contributed by atoms with van der Waals surface area (Å²) in [5, 5.41) is 3.68. The lowest BCUT2D eigenvalue weighted by molar-refractivity contribution is -0.134. The van der Waals surface area contributed by atoms with Crippen molar-refractivity contribution in [3.63, 3.8) is 0 Å². The summed E-state index contributed by atoms with van der Waals surface area (Å²) in [6.45, 7) is 4.78. The molecule has 3 atom stereocenters. The van der Waals surface area contributed by atoms with Crippen molar-refractivity contribution in [1.29, 1.82) is 0 Å². The van der Waals surface area contributed by atoms with Crippen molar-refractivity contribution in [2.75, 3.05) is 33.7 Å². The molecule has 2 aliphatic rings. The molecule has 0 spiro atoms. The molecule has 2 bridgehead atoms. The number of fused-ring (bicyclic) bond motifs is 2. The molecule has 3 rings (SSSR count). The van der Waals surface area contributed by atoms with Gasteiger partial charge in [-0.2, -0.15) is 0 Å². The van der Waals surface area contributed by atoms with Crippen molar-refractivity contribution in [2.24, 2.45) is 11.8 Å². The summed E-state index contributed by atoms with van der Waals surface area (Å²) in [5.41, 5.74) is 2.32. The molecule has 27 heavy (non-hydrogen) atoms. The zero-order chi connectivity index (χ0) is 19.4. The van der Waals surface area contributed by atoms with Gasteiger partial charge in [-0.15, -0.1) is 0 Å². The van der Waals surface area contributed by atoms with E-state index in [4.69, 9.17) is 0 Å². The van der Waals surface area contributed by atoms with E-state index >= 15 is 0 Å². The Hall–Kier alpha value is -1.88. The maximum absolute atomic E-state index is 12.9. The van der Waals surface area contributed by atoms with Crippen LogP contribution in [0.15, 0.2) is 24.3 Å². The first-order chi connectivity index (χ1) is 12.9. The normalized spacial score (nSPS) is 24.6. The van der Waals surface area contributed by atoms with Gasteiger partial charge in [0.05, 0.1) is 6.42 Å². The van der Waals surface area contributed by atoms with Crippen LogP contribution in [0.2, 0.25) is 0 Å². The lowest BCUT2D eigenvalue weighted by atomic mass is 9.79. The van der Waals surface area contributed by atoms with E-state index in [1.165, 1.54) is 12.0 Å². The topological polar surface area (TPSA) is 52.7 Å². The Balaban J connectivity index is 1.54. The minimum absolute atomic E-state index is 0.197. The molecule has 5 nitrogen and oxygen atoms in total. The highest BCUT2D eigenvalue weighted by Crippen LogP contribution is 2.30. The fourth-order valence-corrected chi connectivity index (χ4v) is 4.49. The zero-order valence-corrected chi connectivity index (χ0v) is 16.9. The Bertz CT molecular complexity index is 673. The van der Waals surface area contributed by atoms with Crippen molar-refractivity contribution >= 4 is 11.8 Å². The van der Waals surface area contributed by atoms with Crippen molar-refractivity contribution in [2.45, 2.75) is 45.1 Å². The highest BCUT2D eigenvalue weighted by molar-refractivity contribution is 5.79. The van der Waals surface area contributed by atoms with E-state index in [-0.39, 0.29) is 11.8 Å². The van der Waals surface area contributed by atoms with Crippen molar-refractivity contribution in [1.82, 2.24) is 15.1 Å². The lowest BCUT2D eigenvalue weighted by Gasteiger charge is -2.46. The second-order valence-corrected chi connectivity index (χ2v) is 8.46. The largest absolute Gasteiger partial charge is 0.349 e. The predicted octanol–water partition coefficient (Wildman–Crippen LogP) is 2.23. The molecule has 1 aromatic carbocycles. The smallest absolute Gasteiger partial charge is 0.227 e. The van der Waals surface area contributed by atoms with E-state index in [2.05, 4.69) is 29.3 Å². The summed E-state index contributed by atoms with van der Waals surface area (Å²) in [4.78, 5) is 28.4. The predicted molar refractivity (Wildman–Crippen MR) is 107 cm³/mol. The van der Waals surface area contributed by atoms with Crippen LogP contribution in [0.1, 0.15) is 36.8 Å². The van der Waals surface area contributed by atoms with Gasteiger partial charge in [-0.3, -0.25) is 9.59 Å². The van der Waals surface area contributed by atoms with Crippen LogP contribution in [0.25, 0.3) is 0 Å². The van der Waals surface area contributed by atoms with Crippen molar-refractivity contribution in [3.05, 3.63) is 35.4 Å². The van der Waals surface area contributed by atoms with Gasteiger partial charge >= 0.3 is 0 Å². The maximum Gasteiger partial charge on any atom is 0.227 e. The van der Waals surface area contributed by atoms with Crippen molar-refractivity contribution in [3.8, 4) is 0 Å². The molecular weight excluding hydrogens is 338 g/mol. The molecule has 0 unspecified atom stereocenters. The van der Waals surface area contributed by atoms with Gasteiger partial charge in [0.2, 0.25) is 11.8 Å². The third-order valence-electron chi connectivity index (χ3n) is 6.17. The number of likely N-dealkylation sites (tertiary alicyclic amines) is 1. The lowest BCUT2D eigenvalue weighted by Crippen LogP contribution is -2.57. The Labute approximate surface area is 163 Å². The third-order valence-corrected chi connectivity index (χ3v) is 6.17. The number of piperidine rings is 2. The molecule has 148 valence electrons. The summed E-state index contributed by atoms with van der Waals surface area (Å²) in [7, 11) is 3.62. The van der Waals surface area contributed by atoms with Crippen LogP contribution in [-0.4, -0.2) is 61.4 Å². The fourth-order valence-electron chi connectivity index (χ4n) is 4.49. The van der Waals surface area contributed by atoms with Gasteiger partial charge in [-0.05, 0) is 55.7 Å². The maximum atomic E-state index is 12.9. The summed E-state index contributed by atoms with van der Waals surface area (Å²) in [6, 6.07) is 8.58. The minimum Gasteiger partial charge on any atom is -0.349 e. The number of amides is 2. The van der Waals surface area contributed by atoms with Crippen LogP contribution >= 0.6 is 0 Å². The van der Waals surface area contributed by atoms with Crippen LogP contribution in [-0.2, 0) is 16.0 Å². The highest BCUT2D eigenvalue weighted by atomic mass is 16.2. The first-order valence-corrected chi connectivity index (χ1v) is 10.2. The van der Waals surface area contributed by atoms with Gasteiger partial charge in [-0.1, -0.05) is 24.3 Å². The summed E-state index contributed by atoms with van der Waals surface area (Å²) >= 11 is 0. The number of carbonyl (C=O) groups excluding carboxylic acids is 2. The molecule has 2 saturated heterocycles. The second-order valence-electron chi connectivity index (χ2n) is 8.46. The highest BCUT2D eigenvalue weighted by Gasteiger charge is 2.37. The van der Waals surface area contributed by atoms with Crippen LogP contribution in [0.3, 0.4) is 0 Å². The van der Waals surface area contributed by atoms with Crippen LogP contribution in [0.5, 0.6) is 0 Å². The second kappa shape index (κ2) is 8.87. The molecule has 2 aliphatic heterocycles. The molecule has 2 amide bonds. The number of nitrogens with one attached hydrogen (secondary N) is 1. The first kappa shape index (κ1) is 19.9. The summed E-state index contributed by atoms with van der Waals surface area (Å²) in [6.07, 6.45) is 4.23. The SMILES string of the molecule is Cc1ccccc1CC(=O)N1C[C@@H]2CN[C@H](CCCC(=O)N(C)C)[C@H](C2)C1. The quantitative estimate of drug-likeness (QED) is 0.834. The third kappa shape index (κ3) is 5.10. The number of nitrogens with zero attached hydrogens (tertiary/aromatic N) is 2. The first-order valence-electron chi connectivity index (χ1n) is 10.2. The summed E-state index contributed by atoms with van der Waals surface area (Å²) < 4.78 is 0. The van der Waals surface area contributed by atoms with E-state index in [1.807, 2.05) is 26.2 Å². The van der Waals surface area contributed by atoms with E-state index in [0.29, 0.717) is 30.7 Å². The number of hydrogen-bond donors (Lipinski definition) is 1. The minimum atomic E-state index is 0.197. The molecule has 0 saturated carbocycles. The Morgan fingerprint density at radius 2 is 2.00 bits per heavy atom. The van der Waals surface area contributed by atoms with Crippen LogP contribution in [0, 0.1) is 18.8 Å². The average molecular weight is 372 g/mol. The Morgan fingerprint density at radius 1 is 1.22 bits per heavy atom. The van der Waals surface area contributed by atoms with Gasteiger partial charge in [0.1, 0.15) is 0 Å². The van der Waals surface area contributed by atoms with Crippen molar-refractivity contribution < 1.29 is 9.59 Å². The molecule has 0 aromatic heterocycles. The standard InChI is InChI=1S/C22H33N3O2/c1-16-7-4-5-8-18(16)12-22(27)25-14-17-11-19(15-25)20(23-13-17)9-6-10-21(26)24(2)3/h4-5,7-8,17,19-20,23H,6,9-15H2,1-3H3/t17-,19+,20+/m0/s1. The molecule has 2 fully saturated rings. The molecule has 0 aliphatic carbocycles. The number of benzene rings is 1. The van der Waals surface area contributed by atoms with Crippen LogP contribution in [0.4, 0.5) is 0 Å². The molecule has 1 N–H and O–H groups in total. The van der Waals surface area contributed by atoms with E-state index in [9.17, 15) is 9.59 Å². The monoisotopic (exact) mass is 371 g/mol. The van der Waals surface area contributed by atoms with Gasteiger partial charge in [-0.25, -0.2) is 0 Å². The average Bonchev–Trinajstić information content (AvgIpc) is 2.65. The van der Waals surface area contributed by atoms with E-state index in [0.717, 1.165) is 38.0 Å². The van der Waals surface area contributed by atoms with Gasteiger partial charge in [0.25, 0.3) is 0 Å². The molecule has 0 radical (unpaired) electrons. The molecule has 2 heterocycles. The Morgan fingerprint density at radius 3 is 2.74 bits per heavy atom. The number of aryl methyl sites for hydroxylation is 1. The van der Waals surface area contributed by atoms with Crippen LogP contribution < -0.4 is 5.32 Å². The molecule has 1 aromatic rings. The Kier molecular flexibility index (Phi) is 6.53. The number of carbonyl (C=O) groups is 2. The van der Waals surface area contributed by atoms with E-state index < -0.39 is 0 Å². The number of rotatable bonds is 6. The van der Waals surface area contributed by atoms with E-state index in [1.54, 1.807) is 4.90 Å². The zero-order valence-electron chi connectivity index (χ0n) is 16.9. The summed E-state index contributed by atoms with van der Waals surface area (Å²) in [5.74, 6) is 1.52. The number of hydrogen-bond acceptors (Lipinski definition) is 3. The van der Waals surface area contributed by atoms with Gasteiger partial charge in [0.15, 0.2) is 0 Å². The molecule has 5 heteroatoms. The van der Waals surface area contributed by atoms with Gasteiger partial charge < -0.3 is 15.1 Å². The van der Waals surface area contributed by atoms with Gasteiger partial charge in [0, 0.05) is 39.6 Å². The fraction of sp³-hybridized carbons (Fsp3) is 0.636.